The highest BCUT2D eigenvalue weighted by Gasteiger charge is 2.13. The van der Waals surface area contributed by atoms with Crippen LogP contribution in [0.25, 0.3) is 10.2 Å². The zero-order valence-electron chi connectivity index (χ0n) is 14.8. The van der Waals surface area contributed by atoms with Gasteiger partial charge in [-0.3, -0.25) is 19.7 Å². The van der Waals surface area contributed by atoms with Gasteiger partial charge in [0.05, 0.1) is 15.1 Å². The lowest BCUT2D eigenvalue weighted by Gasteiger charge is -2.02. The summed E-state index contributed by atoms with van der Waals surface area (Å²) < 4.78 is 2.60. The number of nitro benzene ring substituents is 1. The first-order chi connectivity index (χ1) is 12.9. The van der Waals surface area contributed by atoms with Crippen molar-refractivity contribution >= 4 is 38.9 Å². The van der Waals surface area contributed by atoms with E-state index in [1.807, 2.05) is 11.5 Å². The molecule has 0 saturated heterocycles. The number of nitro groups is 1. The van der Waals surface area contributed by atoms with Gasteiger partial charge in [0.1, 0.15) is 0 Å². The molecular weight excluding hydrogens is 366 g/mol. The molecule has 0 aliphatic rings. The number of Topliss-reactive ketones (excluding diaryl/α,β-unsaturated/α-hetero) is 1. The number of nitrogens with zero attached hydrogens (tertiary/aromatic N) is 3. The van der Waals surface area contributed by atoms with Crippen LogP contribution in [0.4, 0.5) is 5.69 Å². The number of carbonyl (C=O) groups excluding carboxylic acids is 2. The summed E-state index contributed by atoms with van der Waals surface area (Å²) in [5, 5.41) is 11.0. The average Bonchev–Trinajstić information content (AvgIpc) is 2.98. The van der Waals surface area contributed by atoms with Crippen molar-refractivity contribution in [1.82, 2.24) is 4.57 Å². The zero-order chi connectivity index (χ0) is 19.6. The maximum Gasteiger partial charge on any atom is 0.279 e. The molecule has 1 aromatic heterocycles. The minimum atomic E-state index is -0.443. The Kier molecular flexibility index (Phi) is 5.27. The number of aryl methyl sites for hydroxylation is 1. The van der Waals surface area contributed by atoms with Gasteiger partial charge in [0.15, 0.2) is 10.6 Å². The lowest BCUT2D eigenvalue weighted by Crippen LogP contribution is -2.16. The Morgan fingerprint density at radius 1 is 1.15 bits per heavy atom. The molecule has 0 unspecified atom stereocenters. The number of fused-ring (bicyclic) bond motifs is 1. The third-order valence-corrected chi connectivity index (χ3v) is 5.10. The molecule has 0 N–H and O–H groups in total. The van der Waals surface area contributed by atoms with Gasteiger partial charge in [-0.25, -0.2) is 0 Å². The highest BCUT2D eigenvalue weighted by atomic mass is 32.1. The van der Waals surface area contributed by atoms with E-state index in [0.29, 0.717) is 27.2 Å². The van der Waals surface area contributed by atoms with E-state index < -0.39 is 10.8 Å². The fraction of sp³-hybridized carbons (Fsp3) is 0.211. The number of aromatic nitrogens is 1. The molecule has 2 aromatic carbocycles. The highest BCUT2D eigenvalue weighted by Crippen LogP contribution is 2.23. The molecule has 27 heavy (non-hydrogen) atoms. The van der Waals surface area contributed by atoms with Gasteiger partial charge in [0.2, 0.25) is 0 Å². The van der Waals surface area contributed by atoms with Crippen LogP contribution >= 0.6 is 11.3 Å². The monoisotopic (exact) mass is 383 g/mol. The van der Waals surface area contributed by atoms with Crippen molar-refractivity contribution in [3.8, 4) is 0 Å². The average molecular weight is 383 g/mol. The van der Waals surface area contributed by atoms with Gasteiger partial charge >= 0.3 is 0 Å². The van der Waals surface area contributed by atoms with Crippen LogP contribution in [0.5, 0.6) is 0 Å². The van der Waals surface area contributed by atoms with E-state index >= 15 is 0 Å². The zero-order valence-corrected chi connectivity index (χ0v) is 15.7. The lowest BCUT2D eigenvalue weighted by molar-refractivity contribution is -0.384. The Balaban J connectivity index is 2.07. The molecule has 0 saturated carbocycles. The van der Waals surface area contributed by atoms with E-state index in [0.717, 1.165) is 11.9 Å². The molecule has 1 amide bonds. The van der Waals surface area contributed by atoms with Crippen molar-refractivity contribution in [2.75, 3.05) is 0 Å². The van der Waals surface area contributed by atoms with E-state index in [1.54, 1.807) is 30.3 Å². The first-order valence-corrected chi connectivity index (χ1v) is 9.20. The van der Waals surface area contributed by atoms with Crippen LogP contribution in [0.1, 0.15) is 41.0 Å². The van der Waals surface area contributed by atoms with E-state index in [2.05, 4.69) is 4.99 Å². The third-order valence-electron chi connectivity index (χ3n) is 4.06. The number of hydrogen-bond donors (Lipinski definition) is 0. The number of amides is 1. The summed E-state index contributed by atoms with van der Waals surface area (Å²) in [6, 6.07) is 11.0. The molecule has 0 atom stereocenters. The fourth-order valence-electron chi connectivity index (χ4n) is 2.70. The lowest BCUT2D eigenvalue weighted by atomic mass is 10.1. The molecule has 3 aromatic rings. The first-order valence-electron chi connectivity index (χ1n) is 8.38. The van der Waals surface area contributed by atoms with Gasteiger partial charge in [0, 0.05) is 29.8 Å². The van der Waals surface area contributed by atoms with Crippen molar-refractivity contribution in [3.05, 3.63) is 68.5 Å². The molecule has 7 nitrogen and oxygen atoms in total. The second-order valence-electron chi connectivity index (χ2n) is 6.00. The quantitative estimate of drug-likeness (QED) is 0.378. The van der Waals surface area contributed by atoms with Crippen LogP contribution in [-0.4, -0.2) is 21.2 Å². The molecule has 138 valence electrons. The topological polar surface area (TPSA) is 94.6 Å². The van der Waals surface area contributed by atoms with Crippen molar-refractivity contribution in [3.63, 3.8) is 0 Å². The van der Waals surface area contributed by atoms with Gasteiger partial charge < -0.3 is 4.57 Å². The Bertz CT molecular complexity index is 1110. The molecular formula is C19H17N3O4S. The minimum absolute atomic E-state index is 0.00472. The third kappa shape index (κ3) is 3.85. The van der Waals surface area contributed by atoms with E-state index in [4.69, 9.17) is 0 Å². The van der Waals surface area contributed by atoms with Gasteiger partial charge in [-0.15, -0.1) is 0 Å². The summed E-state index contributed by atoms with van der Waals surface area (Å²) in [7, 11) is 0. The smallest absolute Gasteiger partial charge is 0.279 e. The molecule has 0 aliphatic heterocycles. The molecule has 8 heteroatoms. The highest BCUT2D eigenvalue weighted by molar-refractivity contribution is 7.16. The van der Waals surface area contributed by atoms with Gasteiger partial charge in [-0.1, -0.05) is 30.4 Å². The second kappa shape index (κ2) is 7.63. The molecule has 0 fully saturated rings. The van der Waals surface area contributed by atoms with Crippen molar-refractivity contribution in [1.29, 1.82) is 0 Å². The standard InChI is InChI=1S/C19H17N3O4S/c1-3-10-21-16-9-8-15(22(25)26)11-17(16)27-19(21)20-18(24)14-6-4-13(5-7-14)12(2)23/h4-9,11H,3,10H2,1-2H3. The van der Waals surface area contributed by atoms with E-state index in [-0.39, 0.29) is 11.5 Å². The maximum absolute atomic E-state index is 12.5. The van der Waals surface area contributed by atoms with Crippen LogP contribution in [0, 0.1) is 10.1 Å². The molecule has 1 heterocycles. The number of thiazole rings is 1. The van der Waals surface area contributed by atoms with Crippen LogP contribution in [0.2, 0.25) is 0 Å². The summed E-state index contributed by atoms with van der Waals surface area (Å²) in [5.74, 6) is -0.492. The summed E-state index contributed by atoms with van der Waals surface area (Å²) in [4.78, 5) is 39.2. The molecule has 3 rings (SSSR count). The largest absolute Gasteiger partial charge is 0.316 e. The SMILES string of the molecule is CCCn1c(=NC(=O)c2ccc(C(C)=O)cc2)sc2cc([N+](=O)[O-])ccc21. The minimum Gasteiger partial charge on any atom is -0.316 e. The number of hydrogen-bond acceptors (Lipinski definition) is 5. The van der Waals surface area contributed by atoms with E-state index in [9.17, 15) is 19.7 Å². The van der Waals surface area contributed by atoms with Crippen LogP contribution < -0.4 is 4.80 Å². The van der Waals surface area contributed by atoms with Gasteiger partial charge in [-0.2, -0.15) is 4.99 Å². The number of ketones is 1. The Morgan fingerprint density at radius 2 is 1.81 bits per heavy atom. The van der Waals surface area contributed by atoms with Gasteiger partial charge in [-0.05, 0) is 31.5 Å². The molecule has 0 spiro atoms. The Labute approximate surface area is 158 Å². The second-order valence-corrected chi connectivity index (χ2v) is 7.01. The summed E-state index contributed by atoms with van der Waals surface area (Å²) in [5.41, 5.74) is 1.73. The van der Waals surface area contributed by atoms with Crippen LogP contribution in [0.15, 0.2) is 47.5 Å². The summed E-state index contributed by atoms with van der Waals surface area (Å²) in [6.45, 7) is 4.12. The Morgan fingerprint density at radius 3 is 2.41 bits per heavy atom. The van der Waals surface area contributed by atoms with Crippen molar-refractivity contribution < 1.29 is 14.5 Å². The predicted molar refractivity (Wildman–Crippen MR) is 103 cm³/mol. The van der Waals surface area contributed by atoms with Crippen LogP contribution in [0.3, 0.4) is 0 Å². The van der Waals surface area contributed by atoms with Crippen molar-refractivity contribution in [2.24, 2.45) is 4.99 Å². The fourth-order valence-corrected chi connectivity index (χ4v) is 3.79. The van der Waals surface area contributed by atoms with Crippen LogP contribution in [-0.2, 0) is 6.54 Å². The van der Waals surface area contributed by atoms with Crippen molar-refractivity contribution in [2.45, 2.75) is 26.8 Å². The predicted octanol–water partition coefficient (Wildman–Crippen LogP) is 3.96. The normalized spacial score (nSPS) is 11.7. The molecule has 0 radical (unpaired) electrons. The molecule has 0 bridgehead atoms. The number of benzene rings is 2. The molecule has 0 aliphatic carbocycles. The summed E-state index contributed by atoms with van der Waals surface area (Å²) >= 11 is 1.24. The van der Waals surface area contributed by atoms with Gasteiger partial charge in [0.25, 0.3) is 11.6 Å². The first kappa shape index (κ1) is 18.7. The number of non-ortho nitro benzene ring substituents is 1. The Hall–Kier alpha value is -3.13. The summed E-state index contributed by atoms with van der Waals surface area (Å²) in [6.07, 6.45) is 0.831. The maximum atomic E-state index is 12.5. The number of rotatable bonds is 5. The number of carbonyl (C=O) groups is 2. The van der Waals surface area contributed by atoms with E-state index in [1.165, 1.54) is 30.4 Å².